The number of hydrogen-bond donors (Lipinski definition) is 0. The molecule has 0 fully saturated rings. The Labute approximate surface area is 150 Å². The van der Waals surface area contributed by atoms with Gasteiger partial charge in [0.15, 0.2) is 0 Å². The zero-order valence-electron chi connectivity index (χ0n) is 14.3. The largest absolute Gasteiger partial charge is 0.496 e. The van der Waals surface area contributed by atoms with Gasteiger partial charge in [-0.15, -0.1) is 0 Å². The Bertz CT molecular complexity index is 925. The van der Waals surface area contributed by atoms with Crippen LogP contribution in [0.15, 0.2) is 72.0 Å². The van der Waals surface area contributed by atoms with Crippen molar-refractivity contribution in [3.63, 3.8) is 0 Å². The smallest absolute Gasteiger partial charge is 0.439 e. The molecule has 26 heavy (non-hydrogen) atoms. The molecule has 0 bridgehead atoms. The molecule has 3 rings (SSSR count). The third-order valence-corrected chi connectivity index (χ3v) is 3.47. The molecule has 1 amide bonds. The molecule has 1 heterocycles. The van der Waals surface area contributed by atoms with E-state index < -0.39 is 6.09 Å². The van der Waals surface area contributed by atoms with E-state index in [1.807, 2.05) is 30.3 Å². The first-order chi connectivity index (χ1) is 12.7. The van der Waals surface area contributed by atoms with Crippen molar-refractivity contribution in [2.75, 3.05) is 14.2 Å². The first-order valence-electron chi connectivity index (χ1n) is 7.78. The molecule has 0 N–H and O–H groups in total. The monoisotopic (exact) mass is 351 g/mol. The van der Waals surface area contributed by atoms with Crippen LogP contribution in [0.4, 0.5) is 4.79 Å². The highest BCUT2D eigenvalue weighted by molar-refractivity contribution is 5.71. The van der Waals surface area contributed by atoms with Gasteiger partial charge in [0.1, 0.15) is 17.2 Å². The van der Waals surface area contributed by atoms with E-state index in [9.17, 15) is 4.79 Å². The Morgan fingerprint density at radius 3 is 2.19 bits per heavy atom. The molecule has 0 aliphatic heterocycles. The van der Waals surface area contributed by atoms with Gasteiger partial charge in [0, 0.05) is 24.4 Å². The summed E-state index contributed by atoms with van der Waals surface area (Å²) < 4.78 is 17.2. The molecule has 0 atom stereocenters. The number of ether oxygens (including phenoxy) is 3. The van der Waals surface area contributed by atoms with Crippen LogP contribution >= 0.6 is 0 Å². The highest BCUT2D eigenvalue weighted by Crippen LogP contribution is 2.27. The second-order valence-electron chi connectivity index (χ2n) is 5.19. The van der Waals surface area contributed by atoms with Crippen molar-refractivity contribution in [3.8, 4) is 22.9 Å². The maximum atomic E-state index is 12.0. The van der Waals surface area contributed by atoms with Gasteiger partial charge in [-0.2, -0.15) is 10.1 Å². The van der Waals surface area contributed by atoms with Crippen LogP contribution in [0.1, 0.15) is 0 Å². The van der Waals surface area contributed by atoms with Crippen LogP contribution < -0.4 is 19.6 Å². The van der Waals surface area contributed by atoms with Gasteiger partial charge in [-0.25, -0.2) is 9.48 Å². The minimum Gasteiger partial charge on any atom is -0.496 e. The fourth-order valence-electron chi connectivity index (χ4n) is 2.22. The van der Waals surface area contributed by atoms with Crippen LogP contribution in [0.25, 0.3) is 5.69 Å². The lowest BCUT2D eigenvalue weighted by molar-refractivity contribution is 0.210. The predicted octanol–water partition coefficient (Wildman–Crippen LogP) is 2.99. The van der Waals surface area contributed by atoms with Crippen molar-refractivity contribution in [2.45, 2.75) is 0 Å². The number of para-hydroxylation sites is 1. The molecule has 1 aromatic heterocycles. The molecule has 7 nitrogen and oxygen atoms in total. The van der Waals surface area contributed by atoms with E-state index in [1.54, 1.807) is 35.1 Å². The molecule has 2 aromatic carbocycles. The van der Waals surface area contributed by atoms with E-state index in [1.165, 1.54) is 20.4 Å². The summed E-state index contributed by atoms with van der Waals surface area (Å²) >= 11 is 0. The van der Waals surface area contributed by atoms with E-state index >= 15 is 0 Å². The molecule has 7 heteroatoms. The van der Waals surface area contributed by atoms with Crippen molar-refractivity contribution in [1.29, 1.82) is 0 Å². The summed E-state index contributed by atoms with van der Waals surface area (Å²) in [6.07, 6.45) is 2.44. The summed E-state index contributed by atoms with van der Waals surface area (Å²) in [5.74, 6) is 1.30. The third kappa shape index (κ3) is 4.27. The first-order valence-corrected chi connectivity index (χ1v) is 7.78. The van der Waals surface area contributed by atoms with Crippen molar-refractivity contribution in [2.24, 2.45) is 4.99 Å². The molecule has 132 valence electrons. The number of nitrogens with zero attached hydrogens (tertiary/aromatic N) is 3. The molecule has 0 aliphatic carbocycles. The number of carbonyl (C=O) groups is 1. The fraction of sp³-hybridized carbons (Fsp3) is 0.105. The highest BCUT2D eigenvalue weighted by atomic mass is 16.6. The topological polar surface area (TPSA) is 74.9 Å². The van der Waals surface area contributed by atoms with Gasteiger partial charge >= 0.3 is 6.09 Å². The maximum Gasteiger partial charge on any atom is 0.439 e. The average molecular weight is 351 g/mol. The van der Waals surface area contributed by atoms with Gasteiger partial charge in [-0.3, -0.25) is 0 Å². The van der Waals surface area contributed by atoms with Gasteiger partial charge in [-0.05, 0) is 18.2 Å². The molecule has 3 aromatic rings. The van der Waals surface area contributed by atoms with Crippen molar-refractivity contribution >= 4 is 6.09 Å². The van der Waals surface area contributed by atoms with Gasteiger partial charge < -0.3 is 14.2 Å². The van der Waals surface area contributed by atoms with E-state index in [-0.39, 0.29) is 5.75 Å². The van der Waals surface area contributed by atoms with Crippen LogP contribution in [-0.4, -0.2) is 30.1 Å². The van der Waals surface area contributed by atoms with Gasteiger partial charge in [0.2, 0.25) is 0 Å². The van der Waals surface area contributed by atoms with E-state index in [0.29, 0.717) is 16.9 Å². The van der Waals surface area contributed by atoms with Crippen LogP contribution in [0.2, 0.25) is 0 Å². The normalized spacial score (nSPS) is 11.1. The van der Waals surface area contributed by atoms with Crippen LogP contribution in [0, 0.1) is 0 Å². The SMILES string of the molecule is COc1cc(OC)cc(OC(=O)N=c2ccn(-c3ccccc3)nc2)c1. The van der Waals surface area contributed by atoms with Crippen molar-refractivity contribution < 1.29 is 19.0 Å². The Kier molecular flexibility index (Phi) is 5.28. The van der Waals surface area contributed by atoms with Crippen LogP contribution in [0.5, 0.6) is 17.2 Å². The Hall–Kier alpha value is -3.61. The molecule has 0 radical (unpaired) electrons. The van der Waals surface area contributed by atoms with Gasteiger partial charge in [-0.1, -0.05) is 18.2 Å². The molecule has 0 saturated heterocycles. The predicted molar refractivity (Wildman–Crippen MR) is 94.7 cm³/mol. The number of amides is 1. The number of carbonyl (C=O) groups excluding carboxylic acids is 1. The van der Waals surface area contributed by atoms with E-state index in [4.69, 9.17) is 14.2 Å². The van der Waals surface area contributed by atoms with E-state index in [0.717, 1.165) is 5.69 Å². The summed E-state index contributed by atoms with van der Waals surface area (Å²) in [5, 5.41) is 4.63. The third-order valence-electron chi connectivity index (χ3n) is 3.47. The highest BCUT2D eigenvalue weighted by Gasteiger charge is 2.07. The Morgan fingerprint density at radius 1 is 0.962 bits per heavy atom. The second kappa shape index (κ2) is 7.98. The van der Waals surface area contributed by atoms with Gasteiger partial charge in [0.25, 0.3) is 0 Å². The minimum absolute atomic E-state index is 0.276. The molecule has 0 aliphatic rings. The molecular weight excluding hydrogens is 334 g/mol. The lowest BCUT2D eigenvalue weighted by atomic mass is 10.3. The quantitative estimate of drug-likeness (QED) is 0.722. The Morgan fingerprint density at radius 2 is 1.62 bits per heavy atom. The lowest BCUT2D eigenvalue weighted by Crippen LogP contribution is -2.13. The summed E-state index contributed by atoms with van der Waals surface area (Å²) in [6.45, 7) is 0. The van der Waals surface area contributed by atoms with Crippen molar-refractivity contribution in [1.82, 2.24) is 9.78 Å². The fourth-order valence-corrected chi connectivity index (χ4v) is 2.22. The standard InChI is InChI=1S/C19H17N3O4/c1-24-16-10-17(25-2)12-18(11-16)26-19(23)21-14-8-9-22(20-13-14)15-6-4-3-5-7-15/h3-13H,1-2H3. The van der Waals surface area contributed by atoms with Crippen molar-refractivity contribution in [3.05, 3.63) is 72.3 Å². The van der Waals surface area contributed by atoms with Crippen LogP contribution in [-0.2, 0) is 0 Å². The van der Waals surface area contributed by atoms with Gasteiger partial charge in [0.05, 0.1) is 31.5 Å². The number of rotatable bonds is 4. The van der Waals surface area contributed by atoms with Crippen LogP contribution in [0.3, 0.4) is 0 Å². The average Bonchev–Trinajstić information content (AvgIpc) is 2.68. The zero-order valence-corrected chi connectivity index (χ0v) is 14.3. The summed E-state index contributed by atoms with van der Waals surface area (Å²) in [5.41, 5.74) is 0.908. The number of aromatic nitrogens is 2. The summed E-state index contributed by atoms with van der Waals surface area (Å²) in [7, 11) is 3.03. The first kappa shape index (κ1) is 17.2. The maximum absolute atomic E-state index is 12.0. The summed E-state index contributed by atoms with van der Waals surface area (Å²) in [6, 6.07) is 16.1. The molecule has 0 saturated carbocycles. The number of methoxy groups -OCH3 is 2. The molecule has 0 spiro atoms. The number of hydrogen-bond acceptors (Lipinski definition) is 5. The lowest BCUT2D eigenvalue weighted by Gasteiger charge is -2.07. The Balaban J connectivity index is 1.77. The molecular formula is C19H17N3O4. The summed E-state index contributed by atoms with van der Waals surface area (Å²) in [4.78, 5) is 15.9. The minimum atomic E-state index is -0.764. The number of benzene rings is 2. The zero-order chi connectivity index (χ0) is 18.4. The van der Waals surface area contributed by atoms with E-state index in [2.05, 4.69) is 10.1 Å². The second-order valence-corrected chi connectivity index (χ2v) is 5.19. The molecule has 0 unspecified atom stereocenters.